The lowest BCUT2D eigenvalue weighted by Crippen LogP contribution is -2.18. The quantitative estimate of drug-likeness (QED) is 0.906. The first-order valence-corrected chi connectivity index (χ1v) is 7.50. The van der Waals surface area contributed by atoms with Gasteiger partial charge in [0.25, 0.3) is 0 Å². The van der Waals surface area contributed by atoms with Crippen molar-refractivity contribution in [2.45, 2.75) is 71.3 Å². The molecular weight excluding hydrogens is 240 g/mol. The second-order valence-electron chi connectivity index (χ2n) is 6.38. The molecule has 0 spiro atoms. The Morgan fingerprint density at radius 2 is 1.74 bits per heavy atom. The lowest BCUT2D eigenvalue weighted by atomic mass is 9.77. The summed E-state index contributed by atoms with van der Waals surface area (Å²) in [7, 11) is 0. The molecule has 1 aromatic rings. The van der Waals surface area contributed by atoms with Gasteiger partial charge in [-0.15, -0.1) is 0 Å². The van der Waals surface area contributed by atoms with E-state index in [1.165, 1.54) is 12.8 Å². The number of aliphatic hydroxyl groups excluding tert-OH is 1. The molecule has 2 unspecified atom stereocenters. The summed E-state index contributed by atoms with van der Waals surface area (Å²) < 4.78 is 5.29. The van der Waals surface area contributed by atoms with Gasteiger partial charge in [-0.3, -0.25) is 0 Å². The minimum absolute atomic E-state index is 0.0896. The maximum absolute atomic E-state index is 9.56. The maximum atomic E-state index is 9.56. The molecular formula is C15H26N2O2. The summed E-state index contributed by atoms with van der Waals surface area (Å²) in [4.78, 5) is 4.49. The lowest BCUT2D eigenvalue weighted by molar-refractivity contribution is 0.151. The van der Waals surface area contributed by atoms with E-state index in [0.29, 0.717) is 11.8 Å². The highest BCUT2D eigenvalue weighted by Crippen LogP contribution is 2.37. The summed E-state index contributed by atoms with van der Waals surface area (Å²) in [6, 6.07) is 0. The van der Waals surface area contributed by atoms with E-state index in [1.54, 1.807) is 6.92 Å². The van der Waals surface area contributed by atoms with Crippen LogP contribution in [-0.4, -0.2) is 21.4 Å². The Labute approximate surface area is 115 Å². The van der Waals surface area contributed by atoms with Gasteiger partial charge in [0.2, 0.25) is 5.89 Å². The molecule has 2 atom stereocenters. The van der Waals surface area contributed by atoms with Crippen LogP contribution in [0.25, 0.3) is 0 Å². The molecule has 0 aliphatic heterocycles. The van der Waals surface area contributed by atoms with E-state index < -0.39 is 6.10 Å². The number of hydrogen-bond acceptors (Lipinski definition) is 4. The van der Waals surface area contributed by atoms with Gasteiger partial charge >= 0.3 is 0 Å². The van der Waals surface area contributed by atoms with Crippen LogP contribution in [0.5, 0.6) is 0 Å². The molecule has 1 aromatic heterocycles. The Morgan fingerprint density at radius 3 is 2.26 bits per heavy atom. The molecule has 1 N–H and O–H groups in total. The summed E-state index contributed by atoms with van der Waals surface area (Å²) >= 11 is 0. The molecule has 1 heterocycles. The molecule has 0 aromatic carbocycles. The Morgan fingerprint density at radius 1 is 1.11 bits per heavy atom. The van der Waals surface area contributed by atoms with Gasteiger partial charge in [0.15, 0.2) is 5.82 Å². The third-order valence-electron chi connectivity index (χ3n) is 4.65. The molecule has 4 nitrogen and oxygen atoms in total. The molecule has 1 aliphatic carbocycles. The van der Waals surface area contributed by atoms with E-state index in [9.17, 15) is 5.11 Å². The highest BCUT2D eigenvalue weighted by atomic mass is 16.5. The minimum atomic E-state index is -0.454. The summed E-state index contributed by atoms with van der Waals surface area (Å²) in [5, 5.41) is 13.7. The molecule has 0 bridgehead atoms. The van der Waals surface area contributed by atoms with E-state index >= 15 is 0 Å². The predicted molar refractivity (Wildman–Crippen MR) is 73.9 cm³/mol. The molecule has 4 heteroatoms. The van der Waals surface area contributed by atoms with E-state index in [-0.39, 0.29) is 5.92 Å². The average Bonchev–Trinajstić information content (AvgIpc) is 2.87. The van der Waals surface area contributed by atoms with Crippen LogP contribution in [0.1, 0.15) is 76.9 Å². The van der Waals surface area contributed by atoms with Crippen LogP contribution in [0, 0.1) is 11.8 Å². The third kappa shape index (κ3) is 3.35. The van der Waals surface area contributed by atoms with Crippen molar-refractivity contribution in [3.05, 3.63) is 11.7 Å². The van der Waals surface area contributed by atoms with E-state index in [2.05, 4.69) is 24.0 Å². The third-order valence-corrected chi connectivity index (χ3v) is 4.65. The summed E-state index contributed by atoms with van der Waals surface area (Å²) in [6.45, 7) is 8.28. The number of aliphatic hydroxyl groups is 1. The lowest BCUT2D eigenvalue weighted by Gasteiger charge is -2.29. The number of hydrogen-bond donors (Lipinski definition) is 1. The van der Waals surface area contributed by atoms with E-state index in [1.807, 2.05) is 6.92 Å². The first-order valence-electron chi connectivity index (χ1n) is 7.50. The number of nitrogens with zero attached hydrogens (tertiary/aromatic N) is 2. The molecule has 0 radical (unpaired) electrons. The van der Waals surface area contributed by atoms with Crippen LogP contribution in [0.2, 0.25) is 0 Å². The van der Waals surface area contributed by atoms with Crippen LogP contribution in [-0.2, 0) is 0 Å². The van der Waals surface area contributed by atoms with Gasteiger partial charge in [0.05, 0.1) is 12.0 Å². The van der Waals surface area contributed by atoms with Crippen molar-refractivity contribution >= 4 is 0 Å². The molecule has 1 fully saturated rings. The standard InChI is InChI=1S/C15H26N2O2/c1-9(2)12-5-7-13(8-6-12)14-16-15(19-17-14)10(3)11(4)18/h9-13,18H,5-8H2,1-4H3. The van der Waals surface area contributed by atoms with Crippen molar-refractivity contribution < 1.29 is 9.63 Å². The van der Waals surface area contributed by atoms with Crippen molar-refractivity contribution in [2.24, 2.45) is 11.8 Å². The van der Waals surface area contributed by atoms with Crippen LogP contribution in [0.4, 0.5) is 0 Å². The fourth-order valence-corrected chi connectivity index (χ4v) is 2.85. The van der Waals surface area contributed by atoms with Crippen molar-refractivity contribution in [3.63, 3.8) is 0 Å². The Bertz CT molecular complexity index is 393. The fourth-order valence-electron chi connectivity index (χ4n) is 2.85. The molecule has 1 saturated carbocycles. The molecule has 19 heavy (non-hydrogen) atoms. The smallest absolute Gasteiger partial charge is 0.232 e. The SMILES string of the molecule is CC(C)C1CCC(c2noc(C(C)C(C)O)n2)CC1. The molecule has 2 rings (SSSR count). The summed E-state index contributed by atoms with van der Waals surface area (Å²) in [5.41, 5.74) is 0. The van der Waals surface area contributed by atoms with Crippen molar-refractivity contribution in [1.29, 1.82) is 0 Å². The summed E-state index contributed by atoms with van der Waals surface area (Å²) in [6.07, 6.45) is 4.39. The predicted octanol–water partition coefficient (Wildman–Crippen LogP) is 3.48. The zero-order valence-corrected chi connectivity index (χ0v) is 12.5. The molecule has 108 valence electrons. The first-order chi connectivity index (χ1) is 8.99. The van der Waals surface area contributed by atoms with Crippen LogP contribution >= 0.6 is 0 Å². The van der Waals surface area contributed by atoms with Gasteiger partial charge in [-0.2, -0.15) is 4.98 Å². The summed E-state index contributed by atoms with van der Waals surface area (Å²) in [5.74, 6) is 3.37. The number of rotatable bonds is 4. The van der Waals surface area contributed by atoms with Gasteiger partial charge in [0, 0.05) is 5.92 Å². The van der Waals surface area contributed by atoms with Gasteiger partial charge < -0.3 is 9.63 Å². The van der Waals surface area contributed by atoms with E-state index in [0.717, 1.165) is 30.5 Å². The monoisotopic (exact) mass is 266 g/mol. The Balaban J connectivity index is 1.97. The Hall–Kier alpha value is -0.900. The zero-order chi connectivity index (χ0) is 14.0. The van der Waals surface area contributed by atoms with Gasteiger partial charge in [0.1, 0.15) is 0 Å². The zero-order valence-electron chi connectivity index (χ0n) is 12.5. The Kier molecular flexibility index (Phi) is 4.61. The fraction of sp³-hybridized carbons (Fsp3) is 0.867. The van der Waals surface area contributed by atoms with Gasteiger partial charge in [-0.05, 0) is 44.4 Å². The van der Waals surface area contributed by atoms with Crippen molar-refractivity contribution in [1.82, 2.24) is 10.1 Å². The second kappa shape index (κ2) is 6.04. The van der Waals surface area contributed by atoms with Crippen LogP contribution in [0.15, 0.2) is 4.52 Å². The normalized spacial score (nSPS) is 27.5. The molecule has 0 saturated heterocycles. The highest BCUT2D eigenvalue weighted by molar-refractivity contribution is 5.01. The van der Waals surface area contributed by atoms with Crippen LogP contribution < -0.4 is 0 Å². The van der Waals surface area contributed by atoms with E-state index in [4.69, 9.17) is 4.52 Å². The largest absolute Gasteiger partial charge is 0.393 e. The van der Waals surface area contributed by atoms with Crippen molar-refractivity contribution in [3.8, 4) is 0 Å². The minimum Gasteiger partial charge on any atom is -0.393 e. The first kappa shape index (κ1) is 14.5. The second-order valence-corrected chi connectivity index (χ2v) is 6.38. The van der Waals surface area contributed by atoms with Crippen molar-refractivity contribution in [2.75, 3.05) is 0 Å². The topological polar surface area (TPSA) is 59.2 Å². The molecule has 0 amide bonds. The number of aromatic nitrogens is 2. The maximum Gasteiger partial charge on any atom is 0.232 e. The molecule has 1 aliphatic rings. The van der Waals surface area contributed by atoms with Gasteiger partial charge in [-0.25, -0.2) is 0 Å². The highest BCUT2D eigenvalue weighted by Gasteiger charge is 2.28. The average molecular weight is 266 g/mol. The van der Waals surface area contributed by atoms with Gasteiger partial charge in [-0.1, -0.05) is 25.9 Å². The van der Waals surface area contributed by atoms with Crippen LogP contribution in [0.3, 0.4) is 0 Å².